The molecule has 16 heavy (non-hydrogen) atoms. The summed E-state index contributed by atoms with van der Waals surface area (Å²) < 4.78 is 4.14. The minimum absolute atomic E-state index is 0.394. The van der Waals surface area contributed by atoms with E-state index in [1.54, 1.807) is 12.8 Å². The second-order valence-electron chi connectivity index (χ2n) is 4.97. The summed E-state index contributed by atoms with van der Waals surface area (Å²) >= 11 is 0. The molecule has 0 aliphatic heterocycles. The summed E-state index contributed by atoms with van der Waals surface area (Å²) in [6.07, 6.45) is 12.1. The number of rotatable bonds is 1. The fourth-order valence-electron chi connectivity index (χ4n) is 3.58. The zero-order chi connectivity index (χ0) is 11.5. The monoisotopic (exact) mass is 220 g/mol. The molecule has 3 aliphatic rings. The second-order valence-corrected chi connectivity index (χ2v) is 4.97. The maximum Gasteiger partial charge on any atom is 0.329 e. The van der Waals surface area contributed by atoms with Gasteiger partial charge in [0, 0.05) is 6.08 Å². The van der Waals surface area contributed by atoms with Crippen molar-refractivity contribution in [3.05, 3.63) is 24.8 Å². The number of methoxy groups -OCH3 is 1. The van der Waals surface area contributed by atoms with Gasteiger partial charge < -0.3 is 4.74 Å². The molecule has 2 saturated carbocycles. The third kappa shape index (κ3) is 2.06. The van der Waals surface area contributed by atoms with Crippen LogP contribution in [0.4, 0.5) is 0 Å². The quantitative estimate of drug-likeness (QED) is 0.386. The standard InChI is InChI=1S/C10H14.C4H6O2/c1-2-9-7-4-5-8(6-7)10(9)3-1;1-3-4(5)6-2/h1-2,7-10H,3-6H2;3H,1H2,2H3. The molecule has 4 unspecified atom stereocenters. The number of carbonyl (C=O) groups is 1. The van der Waals surface area contributed by atoms with E-state index in [-0.39, 0.29) is 0 Å². The summed E-state index contributed by atoms with van der Waals surface area (Å²) in [5, 5.41) is 0. The van der Waals surface area contributed by atoms with Gasteiger partial charge in [-0.1, -0.05) is 18.7 Å². The summed E-state index contributed by atoms with van der Waals surface area (Å²) in [7, 11) is 1.31. The highest BCUT2D eigenvalue weighted by Crippen LogP contribution is 2.56. The Hall–Kier alpha value is -1.05. The molecule has 0 aromatic heterocycles. The van der Waals surface area contributed by atoms with Crippen molar-refractivity contribution < 1.29 is 9.53 Å². The molecule has 0 N–H and O–H groups in total. The lowest BCUT2D eigenvalue weighted by molar-refractivity contribution is -0.134. The highest BCUT2D eigenvalue weighted by Gasteiger charge is 2.47. The van der Waals surface area contributed by atoms with Gasteiger partial charge in [-0.2, -0.15) is 0 Å². The second kappa shape index (κ2) is 4.86. The van der Waals surface area contributed by atoms with E-state index in [9.17, 15) is 4.79 Å². The van der Waals surface area contributed by atoms with Crippen molar-refractivity contribution in [3.8, 4) is 0 Å². The molecule has 2 nitrogen and oxygen atoms in total. The molecule has 0 spiro atoms. The Labute approximate surface area is 97.4 Å². The molecular weight excluding hydrogens is 200 g/mol. The first-order valence-electron chi connectivity index (χ1n) is 6.13. The summed E-state index contributed by atoms with van der Waals surface area (Å²) in [6, 6.07) is 0. The highest BCUT2D eigenvalue weighted by atomic mass is 16.5. The predicted octanol–water partition coefficient (Wildman–Crippen LogP) is 2.95. The van der Waals surface area contributed by atoms with Crippen LogP contribution in [0, 0.1) is 23.7 Å². The summed E-state index contributed by atoms with van der Waals surface area (Å²) in [6.45, 7) is 3.16. The topological polar surface area (TPSA) is 26.3 Å². The van der Waals surface area contributed by atoms with Crippen molar-refractivity contribution in [2.24, 2.45) is 23.7 Å². The summed E-state index contributed by atoms with van der Waals surface area (Å²) in [5.74, 6) is 3.96. The molecule has 2 fully saturated rings. The fourth-order valence-corrected chi connectivity index (χ4v) is 3.58. The van der Waals surface area contributed by atoms with Crippen molar-refractivity contribution in [2.45, 2.75) is 25.7 Å². The molecule has 0 amide bonds. The van der Waals surface area contributed by atoms with Crippen molar-refractivity contribution >= 4 is 5.97 Å². The summed E-state index contributed by atoms with van der Waals surface area (Å²) in [4.78, 5) is 9.84. The average molecular weight is 220 g/mol. The molecule has 0 saturated heterocycles. The molecule has 2 bridgehead atoms. The lowest BCUT2D eigenvalue weighted by Gasteiger charge is -2.23. The van der Waals surface area contributed by atoms with Gasteiger partial charge in [0.05, 0.1) is 7.11 Å². The van der Waals surface area contributed by atoms with Crippen LogP contribution in [0.1, 0.15) is 25.7 Å². The molecule has 2 heteroatoms. The van der Waals surface area contributed by atoms with Crippen LogP contribution in [0.5, 0.6) is 0 Å². The van der Waals surface area contributed by atoms with E-state index in [1.807, 2.05) is 0 Å². The zero-order valence-electron chi connectivity index (χ0n) is 9.89. The molecule has 4 atom stereocenters. The Morgan fingerprint density at radius 2 is 2.19 bits per heavy atom. The molecule has 0 aromatic carbocycles. The lowest BCUT2D eigenvalue weighted by atomic mass is 9.82. The van der Waals surface area contributed by atoms with Crippen LogP contribution in [-0.4, -0.2) is 13.1 Å². The number of allylic oxidation sites excluding steroid dienone is 2. The third-order valence-corrected chi connectivity index (χ3v) is 4.29. The van der Waals surface area contributed by atoms with E-state index in [0.29, 0.717) is 0 Å². The van der Waals surface area contributed by atoms with E-state index in [2.05, 4.69) is 23.5 Å². The Bertz CT molecular complexity index is 306. The number of esters is 1. The predicted molar refractivity (Wildman–Crippen MR) is 63.8 cm³/mol. The molecule has 3 aliphatic carbocycles. The first kappa shape index (κ1) is 11.4. The Morgan fingerprint density at radius 1 is 1.44 bits per heavy atom. The van der Waals surface area contributed by atoms with Gasteiger partial charge in [-0.05, 0) is 49.4 Å². The van der Waals surface area contributed by atoms with Gasteiger partial charge in [-0.25, -0.2) is 4.79 Å². The number of fused-ring (bicyclic) bond motifs is 5. The first-order valence-corrected chi connectivity index (χ1v) is 6.13. The van der Waals surface area contributed by atoms with E-state index in [1.165, 1.54) is 20.0 Å². The SMILES string of the molecule is C1=CC2C3CCC(C3)C2C1.C=CC(=O)OC. The van der Waals surface area contributed by atoms with Gasteiger partial charge in [0.15, 0.2) is 0 Å². The molecule has 0 heterocycles. The van der Waals surface area contributed by atoms with Crippen LogP contribution < -0.4 is 0 Å². The summed E-state index contributed by atoms with van der Waals surface area (Å²) in [5.41, 5.74) is 0. The van der Waals surface area contributed by atoms with Crippen LogP contribution in [-0.2, 0) is 9.53 Å². The zero-order valence-corrected chi connectivity index (χ0v) is 9.89. The van der Waals surface area contributed by atoms with Gasteiger partial charge >= 0.3 is 5.97 Å². The molecule has 0 radical (unpaired) electrons. The Kier molecular flexibility index (Phi) is 3.47. The van der Waals surface area contributed by atoms with Crippen LogP contribution in [0.3, 0.4) is 0 Å². The number of carbonyl (C=O) groups excluding carboxylic acids is 1. The Morgan fingerprint density at radius 3 is 2.75 bits per heavy atom. The third-order valence-electron chi connectivity index (χ3n) is 4.29. The average Bonchev–Trinajstić information content (AvgIpc) is 3.00. The number of ether oxygens (including phenoxy) is 1. The van der Waals surface area contributed by atoms with Gasteiger partial charge in [0.1, 0.15) is 0 Å². The van der Waals surface area contributed by atoms with Crippen molar-refractivity contribution in [1.29, 1.82) is 0 Å². The van der Waals surface area contributed by atoms with Crippen LogP contribution in [0.2, 0.25) is 0 Å². The minimum atomic E-state index is -0.394. The van der Waals surface area contributed by atoms with E-state index >= 15 is 0 Å². The Balaban J connectivity index is 0.000000142. The number of hydrogen-bond donors (Lipinski definition) is 0. The van der Waals surface area contributed by atoms with Crippen molar-refractivity contribution in [2.75, 3.05) is 7.11 Å². The number of hydrogen-bond acceptors (Lipinski definition) is 2. The maximum atomic E-state index is 9.84. The highest BCUT2D eigenvalue weighted by molar-refractivity contribution is 5.80. The van der Waals surface area contributed by atoms with Gasteiger partial charge in [0.2, 0.25) is 0 Å². The van der Waals surface area contributed by atoms with Crippen molar-refractivity contribution in [3.63, 3.8) is 0 Å². The van der Waals surface area contributed by atoms with Crippen LogP contribution >= 0.6 is 0 Å². The van der Waals surface area contributed by atoms with Gasteiger partial charge in [-0.3, -0.25) is 0 Å². The van der Waals surface area contributed by atoms with E-state index in [0.717, 1.165) is 29.7 Å². The molecule has 3 rings (SSSR count). The van der Waals surface area contributed by atoms with Gasteiger partial charge in [-0.15, -0.1) is 0 Å². The van der Waals surface area contributed by atoms with E-state index < -0.39 is 5.97 Å². The fraction of sp³-hybridized carbons (Fsp3) is 0.643. The minimum Gasteiger partial charge on any atom is -0.466 e. The van der Waals surface area contributed by atoms with Crippen LogP contribution in [0.25, 0.3) is 0 Å². The van der Waals surface area contributed by atoms with E-state index in [4.69, 9.17) is 0 Å². The lowest BCUT2D eigenvalue weighted by Crippen LogP contribution is -2.16. The first-order chi connectivity index (χ1) is 7.76. The van der Waals surface area contributed by atoms with Crippen molar-refractivity contribution in [1.82, 2.24) is 0 Å². The normalized spacial score (nSPS) is 37.6. The smallest absolute Gasteiger partial charge is 0.329 e. The van der Waals surface area contributed by atoms with Crippen LogP contribution in [0.15, 0.2) is 24.8 Å². The van der Waals surface area contributed by atoms with Gasteiger partial charge in [0.25, 0.3) is 0 Å². The molecule has 88 valence electrons. The molecule has 0 aromatic rings. The molecular formula is C14H20O2. The maximum absolute atomic E-state index is 9.84. The largest absolute Gasteiger partial charge is 0.466 e.